The lowest BCUT2D eigenvalue weighted by atomic mass is 9.96. The summed E-state index contributed by atoms with van der Waals surface area (Å²) in [5, 5.41) is 0. The molecule has 0 aliphatic carbocycles. The average molecular weight is 235 g/mol. The molecule has 0 bridgehead atoms. The highest BCUT2D eigenvalue weighted by Crippen LogP contribution is 2.20. The Kier molecular flexibility index (Phi) is 4.70. The van der Waals surface area contributed by atoms with E-state index in [1.165, 1.54) is 0 Å². The van der Waals surface area contributed by atoms with Crippen molar-refractivity contribution in [3.63, 3.8) is 0 Å². The molecule has 3 nitrogen and oxygen atoms in total. The number of ether oxygens (including phenoxy) is 1. The minimum absolute atomic E-state index is 0.00412. The Morgan fingerprint density at radius 2 is 2.06 bits per heavy atom. The first-order valence-corrected chi connectivity index (χ1v) is 5.90. The van der Waals surface area contributed by atoms with E-state index >= 15 is 0 Å². The molecular formula is C14H21NO2. The largest absolute Gasteiger partial charge is 0.496 e. The quantitative estimate of drug-likeness (QED) is 0.798. The second kappa shape index (κ2) is 5.82. The van der Waals surface area contributed by atoms with E-state index in [0.717, 1.165) is 11.3 Å². The zero-order chi connectivity index (χ0) is 13.0. The molecule has 17 heavy (non-hydrogen) atoms. The maximum atomic E-state index is 12.1. The average Bonchev–Trinajstić information content (AvgIpc) is 2.27. The van der Waals surface area contributed by atoms with Gasteiger partial charge in [0.05, 0.1) is 13.2 Å². The lowest BCUT2D eigenvalue weighted by Crippen LogP contribution is -2.31. The first-order chi connectivity index (χ1) is 7.95. The summed E-state index contributed by atoms with van der Waals surface area (Å²) in [4.78, 5) is 12.1. The molecule has 0 heterocycles. The van der Waals surface area contributed by atoms with Crippen LogP contribution in [-0.4, -0.2) is 18.9 Å². The van der Waals surface area contributed by atoms with Gasteiger partial charge in [-0.3, -0.25) is 4.79 Å². The Morgan fingerprint density at radius 1 is 1.41 bits per heavy atom. The van der Waals surface area contributed by atoms with Crippen molar-refractivity contribution in [2.24, 2.45) is 11.7 Å². The second-order valence-electron chi connectivity index (χ2n) is 4.78. The number of aryl methyl sites for hydroxylation is 1. The molecule has 1 atom stereocenters. The molecule has 0 spiro atoms. The van der Waals surface area contributed by atoms with Crippen molar-refractivity contribution in [3.8, 4) is 5.75 Å². The Bertz CT molecular complexity index is 399. The van der Waals surface area contributed by atoms with Crippen LogP contribution >= 0.6 is 0 Å². The number of rotatable bonds is 5. The Hall–Kier alpha value is -1.35. The maximum Gasteiger partial charge on any atom is 0.179 e. The van der Waals surface area contributed by atoms with Gasteiger partial charge in [-0.25, -0.2) is 0 Å². The predicted octanol–water partition coefficient (Wildman–Crippen LogP) is 2.56. The van der Waals surface area contributed by atoms with E-state index in [1.807, 2.05) is 19.1 Å². The third-order valence-corrected chi connectivity index (χ3v) is 2.74. The summed E-state index contributed by atoms with van der Waals surface area (Å²) in [6, 6.07) is 5.00. The van der Waals surface area contributed by atoms with Gasteiger partial charge in [0, 0.05) is 5.56 Å². The molecule has 0 saturated carbocycles. The fourth-order valence-corrected chi connectivity index (χ4v) is 1.86. The van der Waals surface area contributed by atoms with Gasteiger partial charge >= 0.3 is 0 Å². The van der Waals surface area contributed by atoms with Gasteiger partial charge in [0.2, 0.25) is 0 Å². The van der Waals surface area contributed by atoms with Gasteiger partial charge in [0.25, 0.3) is 0 Å². The number of hydrogen-bond acceptors (Lipinski definition) is 3. The number of methoxy groups -OCH3 is 1. The minimum Gasteiger partial charge on any atom is -0.496 e. The Labute approximate surface area is 103 Å². The van der Waals surface area contributed by atoms with Gasteiger partial charge in [-0.2, -0.15) is 0 Å². The summed E-state index contributed by atoms with van der Waals surface area (Å²) in [6.45, 7) is 6.04. The highest BCUT2D eigenvalue weighted by Gasteiger charge is 2.17. The van der Waals surface area contributed by atoms with Crippen LogP contribution in [0.4, 0.5) is 0 Å². The first-order valence-electron chi connectivity index (χ1n) is 5.90. The van der Waals surface area contributed by atoms with Crippen LogP contribution < -0.4 is 10.5 Å². The maximum absolute atomic E-state index is 12.1. The molecule has 0 aliphatic heterocycles. The number of hydrogen-bond donors (Lipinski definition) is 1. The summed E-state index contributed by atoms with van der Waals surface area (Å²) in [6.07, 6.45) is 0.712. The van der Waals surface area contributed by atoms with Crippen LogP contribution in [0.15, 0.2) is 18.2 Å². The third kappa shape index (κ3) is 3.56. The second-order valence-corrected chi connectivity index (χ2v) is 4.78. The van der Waals surface area contributed by atoms with Crippen LogP contribution in [0.25, 0.3) is 0 Å². The third-order valence-electron chi connectivity index (χ3n) is 2.74. The molecule has 1 unspecified atom stereocenters. The molecule has 94 valence electrons. The van der Waals surface area contributed by atoms with Crippen molar-refractivity contribution in [2.45, 2.75) is 33.2 Å². The summed E-state index contributed by atoms with van der Waals surface area (Å²) in [7, 11) is 1.62. The number of Topliss-reactive ketones (excluding diaryl/α,β-unsaturated/α-hetero) is 1. The van der Waals surface area contributed by atoms with Crippen molar-refractivity contribution >= 4 is 5.78 Å². The monoisotopic (exact) mass is 235 g/mol. The Balaban J connectivity index is 2.86. The predicted molar refractivity (Wildman–Crippen MR) is 69.5 cm³/mol. The zero-order valence-corrected chi connectivity index (χ0v) is 11.0. The molecule has 1 aromatic carbocycles. The number of ketones is 1. The van der Waals surface area contributed by atoms with Gasteiger partial charge in [-0.05, 0) is 43.0 Å². The van der Waals surface area contributed by atoms with E-state index in [-0.39, 0.29) is 5.78 Å². The fourth-order valence-electron chi connectivity index (χ4n) is 1.86. The zero-order valence-electron chi connectivity index (χ0n) is 11.0. The van der Waals surface area contributed by atoms with Gasteiger partial charge in [-0.15, -0.1) is 0 Å². The van der Waals surface area contributed by atoms with E-state index in [0.29, 0.717) is 17.9 Å². The number of benzene rings is 1. The molecule has 0 aliphatic rings. The van der Waals surface area contributed by atoms with Gasteiger partial charge in [-0.1, -0.05) is 13.8 Å². The molecular weight excluding hydrogens is 214 g/mol. The van der Waals surface area contributed by atoms with Crippen LogP contribution in [0, 0.1) is 12.8 Å². The smallest absolute Gasteiger partial charge is 0.179 e. The highest BCUT2D eigenvalue weighted by molar-refractivity contribution is 6.00. The summed E-state index contributed by atoms with van der Waals surface area (Å²) in [5.41, 5.74) is 7.51. The van der Waals surface area contributed by atoms with Crippen LogP contribution in [0.5, 0.6) is 5.75 Å². The van der Waals surface area contributed by atoms with E-state index in [9.17, 15) is 4.79 Å². The van der Waals surface area contributed by atoms with Gasteiger partial charge in [0.15, 0.2) is 5.78 Å². The van der Waals surface area contributed by atoms with E-state index in [1.54, 1.807) is 13.2 Å². The standard InChI is InChI=1S/C14H21NO2/c1-9(2)7-12(15)14(16)11-5-6-13(17-4)10(3)8-11/h5-6,8-9,12H,7,15H2,1-4H3. The SMILES string of the molecule is COc1ccc(C(=O)C(N)CC(C)C)cc1C. The van der Waals surface area contributed by atoms with Crippen molar-refractivity contribution in [2.75, 3.05) is 7.11 Å². The Morgan fingerprint density at radius 3 is 2.53 bits per heavy atom. The lowest BCUT2D eigenvalue weighted by molar-refractivity contribution is 0.0951. The van der Waals surface area contributed by atoms with Crippen LogP contribution in [-0.2, 0) is 0 Å². The summed E-state index contributed by atoms with van der Waals surface area (Å²) >= 11 is 0. The number of nitrogens with two attached hydrogens (primary N) is 1. The molecule has 1 rings (SSSR count). The highest BCUT2D eigenvalue weighted by atomic mass is 16.5. The molecule has 1 aromatic rings. The fraction of sp³-hybridized carbons (Fsp3) is 0.500. The molecule has 0 amide bonds. The lowest BCUT2D eigenvalue weighted by Gasteiger charge is -2.14. The van der Waals surface area contributed by atoms with Crippen molar-refractivity contribution in [1.29, 1.82) is 0 Å². The van der Waals surface area contributed by atoms with Crippen molar-refractivity contribution < 1.29 is 9.53 Å². The van der Waals surface area contributed by atoms with Gasteiger partial charge in [0.1, 0.15) is 5.75 Å². The summed E-state index contributed by atoms with van der Waals surface area (Å²) < 4.78 is 5.16. The van der Waals surface area contributed by atoms with Crippen molar-refractivity contribution in [1.82, 2.24) is 0 Å². The van der Waals surface area contributed by atoms with Crippen molar-refractivity contribution in [3.05, 3.63) is 29.3 Å². The van der Waals surface area contributed by atoms with E-state index in [4.69, 9.17) is 10.5 Å². The topological polar surface area (TPSA) is 52.3 Å². The van der Waals surface area contributed by atoms with Crippen LogP contribution in [0.1, 0.15) is 36.2 Å². The van der Waals surface area contributed by atoms with Crippen LogP contribution in [0.3, 0.4) is 0 Å². The molecule has 3 heteroatoms. The molecule has 0 aromatic heterocycles. The number of carbonyl (C=O) groups is 1. The summed E-state index contributed by atoms with van der Waals surface area (Å²) in [5.74, 6) is 1.22. The normalized spacial score (nSPS) is 12.6. The number of carbonyl (C=O) groups excluding carboxylic acids is 1. The first kappa shape index (κ1) is 13.7. The molecule has 0 radical (unpaired) electrons. The van der Waals surface area contributed by atoms with E-state index < -0.39 is 6.04 Å². The minimum atomic E-state index is -0.414. The molecule has 0 fully saturated rings. The van der Waals surface area contributed by atoms with Gasteiger partial charge < -0.3 is 10.5 Å². The van der Waals surface area contributed by atoms with Crippen LogP contribution in [0.2, 0.25) is 0 Å². The molecule has 0 saturated heterocycles. The molecule has 2 N–H and O–H groups in total. The van der Waals surface area contributed by atoms with E-state index in [2.05, 4.69) is 13.8 Å².